The van der Waals surface area contributed by atoms with Gasteiger partial charge in [0.15, 0.2) is 5.79 Å². The molecule has 1 aliphatic heterocycles. The Balaban J connectivity index is 1.99. The third kappa shape index (κ3) is 2.19. The van der Waals surface area contributed by atoms with Crippen LogP contribution in [0.5, 0.6) is 0 Å². The summed E-state index contributed by atoms with van der Waals surface area (Å²) in [6.07, 6.45) is 6.97. The van der Waals surface area contributed by atoms with E-state index in [1.54, 1.807) is 0 Å². The molecule has 1 aliphatic carbocycles. The zero-order chi connectivity index (χ0) is 11.6. The van der Waals surface area contributed by atoms with Crippen molar-refractivity contribution >= 4 is 0 Å². The third-order valence-corrected chi connectivity index (χ3v) is 3.21. The van der Waals surface area contributed by atoms with Gasteiger partial charge in [-0.05, 0) is 12.8 Å². The molecule has 0 aromatic carbocycles. The molecule has 90 valence electrons. The predicted molar refractivity (Wildman–Crippen MR) is 51.8 cm³/mol. The highest BCUT2D eigenvalue weighted by molar-refractivity contribution is 5.12. The van der Waals surface area contributed by atoms with E-state index in [2.05, 4.69) is 10.7 Å². The third-order valence-electron chi connectivity index (χ3n) is 3.21. The highest BCUT2D eigenvalue weighted by atomic mass is 19.3. The molecule has 0 bridgehead atoms. The number of rotatable bonds is 2. The van der Waals surface area contributed by atoms with Crippen molar-refractivity contribution in [3.05, 3.63) is 0 Å². The standard InChI is InChI=1S/C11H14F2O3/c1-2-10(16-9(12)13)3-5-11(6-4-10)14-7-8-15-11/h1,9H,3-8H2. The summed E-state index contributed by atoms with van der Waals surface area (Å²) in [6, 6.07) is 0. The van der Waals surface area contributed by atoms with Crippen molar-refractivity contribution in [1.82, 2.24) is 0 Å². The zero-order valence-electron chi connectivity index (χ0n) is 8.88. The topological polar surface area (TPSA) is 27.7 Å². The minimum absolute atomic E-state index is 0.341. The van der Waals surface area contributed by atoms with Gasteiger partial charge < -0.3 is 14.2 Å². The summed E-state index contributed by atoms with van der Waals surface area (Å²) in [5, 5.41) is 0. The summed E-state index contributed by atoms with van der Waals surface area (Å²) in [5.74, 6) is 1.74. The summed E-state index contributed by atoms with van der Waals surface area (Å²) in [4.78, 5) is 0. The van der Waals surface area contributed by atoms with Crippen LogP contribution in [0.15, 0.2) is 0 Å². The second-order valence-electron chi connectivity index (χ2n) is 4.12. The number of hydrogen-bond donors (Lipinski definition) is 0. The Labute approximate surface area is 93.0 Å². The van der Waals surface area contributed by atoms with Gasteiger partial charge in [-0.15, -0.1) is 6.42 Å². The minimum Gasteiger partial charge on any atom is -0.348 e. The average Bonchev–Trinajstić information content (AvgIpc) is 2.71. The maximum Gasteiger partial charge on any atom is 0.346 e. The van der Waals surface area contributed by atoms with Crippen LogP contribution in [0.3, 0.4) is 0 Å². The molecule has 3 nitrogen and oxygen atoms in total. The van der Waals surface area contributed by atoms with Gasteiger partial charge in [-0.3, -0.25) is 0 Å². The lowest BCUT2D eigenvalue weighted by atomic mass is 9.81. The van der Waals surface area contributed by atoms with Crippen LogP contribution in [-0.2, 0) is 14.2 Å². The molecular weight excluding hydrogens is 218 g/mol. The fourth-order valence-electron chi connectivity index (χ4n) is 2.29. The molecule has 16 heavy (non-hydrogen) atoms. The normalized spacial score (nSPS) is 27.1. The largest absolute Gasteiger partial charge is 0.348 e. The first-order chi connectivity index (χ1) is 7.60. The Bertz CT molecular complexity index is 282. The number of terminal acetylenes is 1. The van der Waals surface area contributed by atoms with Crippen molar-refractivity contribution in [2.45, 2.75) is 43.7 Å². The smallest absolute Gasteiger partial charge is 0.346 e. The summed E-state index contributed by atoms with van der Waals surface area (Å²) in [7, 11) is 0. The highest BCUT2D eigenvalue weighted by Crippen LogP contribution is 2.42. The molecule has 2 rings (SSSR count). The van der Waals surface area contributed by atoms with E-state index in [9.17, 15) is 8.78 Å². The molecule has 0 radical (unpaired) electrons. The van der Waals surface area contributed by atoms with Gasteiger partial charge in [0.25, 0.3) is 0 Å². The van der Waals surface area contributed by atoms with Crippen LogP contribution >= 0.6 is 0 Å². The summed E-state index contributed by atoms with van der Waals surface area (Å²) in [6.45, 7) is -1.73. The van der Waals surface area contributed by atoms with Gasteiger partial charge in [0.2, 0.25) is 0 Å². The molecule has 0 aromatic rings. The minimum atomic E-state index is -2.84. The van der Waals surface area contributed by atoms with Crippen molar-refractivity contribution in [2.24, 2.45) is 0 Å². The first-order valence-corrected chi connectivity index (χ1v) is 5.31. The maximum absolute atomic E-state index is 12.2. The SMILES string of the molecule is C#CC1(OC(F)F)CCC2(CC1)OCCO2. The maximum atomic E-state index is 12.2. The Kier molecular flexibility index (Phi) is 3.15. The number of ether oxygens (including phenoxy) is 3. The van der Waals surface area contributed by atoms with E-state index in [1.807, 2.05) is 0 Å². The van der Waals surface area contributed by atoms with Gasteiger partial charge in [-0.2, -0.15) is 8.78 Å². The molecule has 2 fully saturated rings. The van der Waals surface area contributed by atoms with Crippen molar-refractivity contribution < 1.29 is 23.0 Å². The van der Waals surface area contributed by atoms with Gasteiger partial charge >= 0.3 is 6.61 Å². The van der Waals surface area contributed by atoms with Gasteiger partial charge in [-0.1, -0.05) is 5.92 Å². The van der Waals surface area contributed by atoms with E-state index in [0.29, 0.717) is 38.9 Å². The fraction of sp³-hybridized carbons (Fsp3) is 0.818. The quantitative estimate of drug-likeness (QED) is 0.681. The summed E-state index contributed by atoms with van der Waals surface area (Å²) < 4.78 is 40.0. The van der Waals surface area contributed by atoms with E-state index in [0.717, 1.165) is 0 Å². The van der Waals surface area contributed by atoms with Gasteiger partial charge in [-0.25, -0.2) is 0 Å². The Morgan fingerprint density at radius 2 is 1.69 bits per heavy atom. The van der Waals surface area contributed by atoms with Gasteiger partial charge in [0, 0.05) is 12.8 Å². The van der Waals surface area contributed by atoms with Crippen LogP contribution < -0.4 is 0 Å². The molecule has 1 spiro atoms. The summed E-state index contributed by atoms with van der Waals surface area (Å²) in [5.41, 5.74) is -1.16. The lowest BCUT2D eigenvalue weighted by molar-refractivity contribution is -0.239. The van der Waals surface area contributed by atoms with Crippen LogP contribution in [0.1, 0.15) is 25.7 Å². The Morgan fingerprint density at radius 1 is 1.12 bits per heavy atom. The number of halogens is 2. The lowest BCUT2D eigenvalue weighted by Crippen LogP contribution is -2.45. The molecule has 1 saturated carbocycles. The first-order valence-electron chi connectivity index (χ1n) is 5.31. The van der Waals surface area contributed by atoms with E-state index in [4.69, 9.17) is 15.9 Å². The van der Waals surface area contributed by atoms with Crippen molar-refractivity contribution in [3.8, 4) is 12.3 Å². The molecule has 0 atom stereocenters. The average molecular weight is 232 g/mol. The van der Waals surface area contributed by atoms with E-state index in [-0.39, 0.29) is 0 Å². The Morgan fingerprint density at radius 3 is 2.12 bits per heavy atom. The fourth-order valence-corrected chi connectivity index (χ4v) is 2.29. The zero-order valence-corrected chi connectivity index (χ0v) is 8.88. The van der Waals surface area contributed by atoms with Crippen LogP contribution in [0.2, 0.25) is 0 Å². The number of alkyl halides is 2. The van der Waals surface area contributed by atoms with Crippen LogP contribution in [-0.4, -0.2) is 31.2 Å². The highest BCUT2D eigenvalue weighted by Gasteiger charge is 2.47. The van der Waals surface area contributed by atoms with Crippen LogP contribution in [0, 0.1) is 12.3 Å². The molecule has 5 heteroatoms. The molecule has 0 amide bonds. The van der Waals surface area contributed by atoms with Gasteiger partial charge in [0.1, 0.15) is 5.60 Å². The molecule has 1 heterocycles. The van der Waals surface area contributed by atoms with E-state index in [1.165, 1.54) is 0 Å². The van der Waals surface area contributed by atoms with Crippen molar-refractivity contribution in [1.29, 1.82) is 0 Å². The summed E-state index contributed by atoms with van der Waals surface area (Å²) >= 11 is 0. The van der Waals surface area contributed by atoms with Crippen LogP contribution in [0.25, 0.3) is 0 Å². The van der Waals surface area contributed by atoms with Crippen molar-refractivity contribution in [3.63, 3.8) is 0 Å². The molecule has 1 saturated heterocycles. The molecule has 0 N–H and O–H groups in total. The second kappa shape index (κ2) is 4.28. The molecule has 2 aliphatic rings. The molecular formula is C11H14F2O3. The molecule has 0 aromatic heterocycles. The number of hydrogen-bond acceptors (Lipinski definition) is 3. The van der Waals surface area contributed by atoms with E-state index < -0.39 is 18.0 Å². The Hall–Kier alpha value is -0.700. The van der Waals surface area contributed by atoms with Crippen LogP contribution in [0.4, 0.5) is 8.78 Å². The monoisotopic (exact) mass is 232 g/mol. The van der Waals surface area contributed by atoms with Gasteiger partial charge in [0.05, 0.1) is 13.2 Å². The van der Waals surface area contributed by atoms with E-state index >= 15 is 0 Å². The molecule has 0 unspecified atom stereocenters. The second-order valence-corrected chi connectivity index (χ2v) is 4.12. The lowest BCUT2D eigenvalue weighted by Gasteiger charge is -2.40. The van der Waals surface area contributed by atoms with Crippen molar-refractivity contribution in [2.75, 3.05) is 13.2 Å². The predicted octanol–water partition coefficient (Wildman–Crippen LogP) is 1.91. The first kappa shape index (κ1) is 11.8.